The first kappa shape index (κ1) is 11.9. The van der Waals surface area contributed by atoms with Gasteiger partial charge in [-0.3, -0.25) is 4.79 Å². The van der Waals surface area contributed by atoms with E-state index in [-0.39, 0.29) is 5.41 Å². The molecule has 4 bridgehead atoms. The van der Waals surface area contributed by atoms with Crippen molar-refractivity contribution in [1.29, 1.82) is 0 Å². The smallest absolute Gasteiger partial charge is 0.161 e. The first-order valence-corrected chi connectivity index (χ1v) is 8.42. The van der Waals surface area contributed by atoms with Crippen molar-refractivity contribution in [2.45, 2.75) is 38.5 Å². The molecule has 0 aliphatic heterocycles. The normalized spacial score (nSPS) is 40.1. The molecule has 0 atom stereocenters. The van der Waals surface area contributed by atoms with Crippen LogP contribution < -0.4 is 0 Å². The number of carbonyl (C=O) groups is 1. The van der Waals surface area contributed by atoms with Crippen molar-refractivity contribution < 1.29 is 4.79 Å². The van der Waals surface area contributed by atoms with Gasteiger partial charge < -0.3 is 0 Å². The Labute approximate surface area is 118 Å². The van der Waals surface area contributed by atoms with Gasteiger partial charge in [0.15, 0.2) is 5.78 Å². The van der Waals surface area contributed by atoms with Gasteiger partial charge >= 0.3 is 0 Å². The van der Waals surface area contributed by atoms with Crippen molar-refractivity contribution >= 4 is 23.2 Å². The molecule has 100 valence electrons. The minimum atomic E-state index is 0.0290. The number of thiophene rings is 1. The molecule has 1 aromatic rings. The van der Waals surface area contributed by atoms with Crippen molar-refractivity contribution in [3.05, 3.63) is 28.5 Å². The van der Waals surface area contributed by atoms with Gasteiger partial charge in [-0.25, -0.2) is 0 Å². The van der Waals surface area contributed by atoms with E-state index in [1.807, 2.05) is 12.2 Å². The average molecular weight is 272 g/mol. The van der Waals surface area contributed by atoms with Gasteiger partial charge in [0.1, 0.15) is 0 Å². The van der Waals surface area contributed by atoms with Gasteiger partial charge in [-0.1, -0.05) is 6.08 Å². The van der Waals surface area contributed by atoms with E-state index in [2.05, 4.69) is 16.8 Å². The molecule has 0 unspecified atom stereocenters. The number of hydrogen-bond donors (Lipinski definition) is 0. The molecule has 0 aromatic carbocycles. The maximum Gasteiger partial charge on any atom is 0.161 e. The van der Waals surface area contributed by atoms with Gasteiger partial charge in [-0.2, -0.15) is 11.3 Å². The zero-order valence-corrected chi connectivity index (χ0v) is 12.0. The molecule has 0 saturated heterocycles. The molecule has 0 spiro atoms. The predicted octanol–water partition coefficient (Wildman–Crippen LogP) is 4.55. The van der Waals surface area contributed by atoms with Gasteiger partial charge in [0.25, 0.3) is 0 Å². The number of ketones is 1. The first-order valence-electron chi connectivity index (χ1n) is 7.48. The molecular formula is C17H20OS. The molecule has 0 amide bonds. The highest BCUT2D eigenvalue weighted by Gasteiger charge is 2.53. The third-order valence-corrected chi connectivity index (χ3v) is 6.23. The van der Waals surface area contributed by atoms with Crippen molar-refractivity contribution in [2.75, 3.05) is 0 Å². The standard InChI is InChI=1S/C17H20OS/c18-16(2-1-12-3-4-19-11-12)17-8-13-5-14(9-17)7-15(6-13)10-17/h1-4,11,13-15H,5-10H2. The number of rotatable bonds is 3. The second kappa shape index (κ2) is 4.31. The van der Waals surface area contributed by atoms with Crippen molar-refractivity contribution in [3.63, 3.8) is 0 Å². The van der Waals surface area contributed by atoms with Crippen LogP contribution in [-0.4, -0.2) is 5.78 Å². The molecule has 0 N–H and O–H groups in total. The van der Waals surface area contributed by atoms with Gasteiger partial charge in [0, 0.05) is 5.41 Å². The van der Waals surface area contributed by atoms with Gasteiger partial charge in [-0.15, -0.1) is 0 Å². The fourth-order valence-electron chi connectivity index (χ4n) is 5.13. The number of hydrogen-bond acceptors (Lipinski definition) is 2. The van der Waals surface area contributed by atoms with E-state index in [9.17, 15) is 4.79 Å². The number of carbonyl (C=O) groups excluding carboxylic acids is 1. The van der Waals surface area contributed by atoms with E-state index in [4.69, 9.17) is 0 Å². The molecule has 4 aliphatic carbocycles. The lowest BCUT2D eigenvalue weighted by Crippen LogP contribution is -2.49. The fraction of sp³-hybridized carbons (Fsp3) is 0.588. The average Bonchev–Trinajstić information content (AvgIpc) is 2.87. The molecule has 1 nitrogen and oxygen atoms in total. The summed E-state index contributed by atoms with van der Waals surface area (Å²) in [5.41, 5.74) is 1.20. The van der Waals surface area contributed by atoms with Crippen LogP contribution in [0.3, 0.4) is 0 Å². The van der Waals surface area contributed by atoms with E-state index in [1.165, 1.54) is 44.1 Å². The maximum atomic E-state index is 12.7. The topological polar surface area (TPSA) is 17.1 Å². The van der Waals surface area contributed by atoms with Crippen LogP contribution in [0.4, 0.5) is 0 Å². The van der Waals surface area contributed by atoms with Gasteiger partial charge in [0.2, 0.25) is 0 Å². The Morgan fingerprint density at radius 3 is 2.32 bits per heavy atom. The monoisotopic (exact) mass is 272 g/mol. The lowest BCUT2D eigenvalue weighted by molar-refractivity contribution is -0.138. The molecule has 0 radical (unpaired) electrons. The first-order chi connectivity index (χ1) is 9.23. The second-order valence-electron chi connectivity index (χ2n) is 6.95. The highest BCUT2D eigenvalue weighted by atomic mass is 32.1. The highest BCUT2D eigenvalue weighted by molar-refractivity contribution is 7.08. The molecule has 1 aromatic heterocycles. The molecule has 1 heterocycles. The van der Waals surface area contributed by atoms with Crippen LogP contribution in [0.5, 0.6) is 0 Å². The molecule has 4 saturated carbocycles. The Kier molecular flexibility index (Phi) is 2.70. The third-order valence-electron chi connectivity index (χ3n) is 5.53. The van der Waals surface area contributed by atoms with Crippen LogP contribution in [0.2, 0.25) is 0 Å². The molecule has 4 aliphatic rings. The molecule has 2 heteroatoms. The third kappa shape index (κ3) is 2.01. The van der Waals surface area contributed by atoms with Crippen LogP contribution in [0.15, 0.2) is 22.9 Å². The molecular weight excluding hydrogens is 252 g/mol. The summed E-state index contributed by atoms with van der Waals surface area (Å²) in [5, 5.41) is 4.17. The van der Waals surface area contributed by atoms with Crippen LogP contribution in [0.1, 0.15) is 44.1 Å². The Balaban J connectivity index is 1.56. The maximum absolute atomic E-state index is 12.7. The van der Waals surface area contributed by atoms with Crippen molar-refractivity contribution in [3.8, 4) is 0 Å². The van der Waals surface area contributed by atoms with Crippen molar-refractivity contribution in [1.82, 2.24) is 0 Å². The Morgan fingerprint density at radius 2 is 1.79 bits per heavy atom. The summed E-state index contributed by atoms with van der Waals surface area (Å²) in [5.74, 6) is 2.97. The molecule has 19 heavy (non-hydrogen) atoms. The quantitative estimate of drug-likeness (QED) is 0.738. The van der Waals surface area contributed by atoms with Crippen LogP contribution >= 0.6 is 11.3 Å². The largest absolute Gasteiger partial charge is 0.294 e. The summed E-state index contributed by atoms with van der Waals surface area (Å²) >= 11 is 1.69. The fourth-order valence-corrected chi connectivity index (χ4v) is 5.76. The van der Waals surface area contributed by atoms with Crippen LogP contribution in [-0.2, 0) is 4.79 Å². The summed E-state index contributed by atoms with van der Waals surface area (Å²) in [7, 11) is 0. The summed E-state index contributed by atoms with van der Waals surface area (Å²) in [6.45, 7) is 0. The van der Waals surface area contributed by atoms with Crippen molar-refractivity contribution in [2.24, 2.45) is 23.2 Å². The van der Waals surface area contributed by atoms with E-state index in [1.54, 1.807) is 11.3 Å². The summed E-state index contributed by atoms with van der Waals surface area (Å²) in [4.78, 5) is 12.7. The summed E-state index contributed by atoms with van der Waals surface area (Å²) in [6.07, 6.45) is 11.6. The van der Waals surface area contributed by atoms with E-state index < -0.39 is 0 Å². The van der Waals surface area contributed by atoms with Crippen LogP contribution in [0, 0.1) is 23.2 Å². The van der Waals surface area contributed by atoms with E-state index in [0.29, 0.717) is 5.78 Å². The molecule has 4 fully saturated rings. The van der Waals surface area contributed by atoms with E-state index in [0.717, 1.165) is 17.8 Å². The highest BCUT2D eigenvalue weighted by Crippen LogP contribution is 2.60. The SMILES string of the molecule is O=C(C=Cc1ccsc1)C12CC3CC(CC(C3)C1)C2. The zero-order valence-electron chi connectivity index (χ0n) is 11.2. The number of allylic oxidation sites excluding steroid dienone is 1. The Bertz CT molecular complexity index is 476. The molecule has 5 rings (SSSR count). The lowest BCUT2D eigenvalue weighted by Gasteiger charge is -2.55. The predicted molar refractivity (Wildman–Crippen MR) is 79.0 cm³/mol. The van der Waals surface area contributed by atoms with E-state index >= 15 is 0 Å². The summed E-state index contributed by atoms with van der Waals surface area (Å²) in [6, 6.07) is 2.08. The Morgan fingerprint density at radius 1 is 1.16 bits per heavy atom. The van der Waals surface area contributed by atoms with Gasteiger partial charge in [0.05, 0.1) is 0 Å². The minimum Gasteiger partial charge on any atom is -0.294 e. The lowest BCUT2D eigenvalue weighted by atomic mass is 9.48. The van der Waals surface area contributed by atoms with Crippen LogP contribution in [0.25, 0.3) is 6.08 Å². The minimum absolute atomic E-state index is 0.0290. The zero-order chi connectivity index (χ0) is 12.9. The van der Waals surface area contributed by atoms with Gasteiger partial charge in [-0.05, 0) is 84.7 Å². The Hall–Kier alpha value is -0.890. The second-order valence-corrected chi connectivity index (χ2v) is 7.73. The summed E-state index contributed by atoms with van der Waals surface area (Å²) < 4.78 is 0.